The molecule has 0 saturated heterocycles. The van der Waals surface area contributed by atoms with E-state index in [4.69, 9.17) is 0 Å². The zero-order valence-electron chi connectivity index (χ0n) is 12.3. The maximum Gasteiger partial charge on any atom is 0.257 e. The second kappa shape index (κ2) is 5.13. The normalized spacial score (nSPS) is 11.7. The van der Waals surface area contributed by atoms with Crippen LogP contribution in [0.3, 0.4) is 0 Å². The number of nitrogens with zero attached hydrogens (tertiary/aromatic N) is 2. The Kier molecular flexibility index (Phi) is 3.74. The summed E-state index contributed by atoms with van der Waals surface area (Å²) in [7, 11) is 4.40. The van der Waals surface area contributed by atoms with Gasteiger partial charge in [-0.15, -0.1) is 0 Å². The molecule has 2 nitrogen and oxygen atoms in total. The molecule has 0 aliphatic rings. The van der Waals surface area contributed by atoms with Gasteiger partial charge in [-0.3, -0.25) is 0 Å². The highest BCUT2D eigenvalue weighted by Crippen LogP contribution is 2.20. The molecule has 1 aromatic carbocycles. The second-order valence-electron chi connectivity index (χ2n) is 5.67. The van der Waals surface area contributed by atoms with E-state index in [2.05, 4.69) is 62.2 Å². The molecule has 1 heterocycles. The number of imidazole rings is 1. The third kappa shape index (κ3) is 2.16. The molecule has 2 rings (SSSR count). The third-order valence-corrected chi connectivity index (χ3v) is 3.68. The lowest BCUT2D eigenvalue weighted by Gasteiger charge is -2.02. The van der Waals surface area contributed by atoms with Gasteiger partial charge in [-0.1, -0.05) is 39.3 Å². The molecule has 0 aliphatic heterocycles. The molecule has 0 bridgehead atoms. The molecule has 0 N–H and O–H groups in total. The Bertz CT molecular complexity index is 550. The third-order valence-electron chi connectivity index (χ3n) is 3.68. The number of aryl methyl sites for hydroxylation is 3. The van der Waals surface area contributed by atoms with Crippen LogP contribution in [0, 0.1) is 5.92 Å². The van der Waals surface area contributed by atoms with E-state index in [1.807, 2.05) is 0 Å². The van der Waals surface area contributed by atoms with Crippen molar-refractivity contribution < 1.29 is 4.57 Å². The zero-order chi connectivity index (χ0) is 13.3. The predicted octanol–water partition coefficient (Wildman–Crippen LogP) is 3.15. The van der Waals surface area contributed by atoms with E-state index in [9.17, 15) is 0 Å². The average molecular weight is 245 g/mol. The van der Waals surface area contributed by atoms with Crippen molar-refractivity contribution in [3.8, 4) is 0 Å². The Morgan fingerprint density at radius 3 is 2.61 bits per heavy atom. The van der Waals surface area contributed by atoms with E-state index in [-0.39, 0.29) is 0 Å². The molecule has 18 heavy (non-hydrogen) atoms. The van der Waals surface area contributed by atoms with Crippen molar-refractivity contribution in [3.05, 3.63) is 29.6 Å². The monoisotopic (exact) mass is 245 g/mol. The molecule has 2 aromatic rings. The van der Waals surface area contributed by atoms with E-state index < -0.39 is 0 Å². The first kappa shape index (κ1) is 13.1. The van der Waals surface area contributed by atoms with Crippen molar-refractivity contribution in [2.24, 2.45) is 20.0 Å². The van der Waals surface area contributed by atoms with Crippen molar-refractivity contribution in [3.63, 3.8) is 0 Å². The number of hydrogen-bond donors (Lipinski definition) is 0. The summed E-state index contributed by atoms with van der Waals surface area (Å²) in [5, 5.41) is 0. The number of aromatic nitrogens is 2. The Labute approximate surface area is 110 Å². The lowest BCUT2D eigenvalue weighted by atomic mass is 10.1. The van der Waals surface area contributed by atoms with Crippen LogP contribution in [0.4, 0.5) is 0 Å². The molecule has 0 fully saturated rings. The van der Waals surface area contributed by atoms with Crippen LogP contribution in [-0.4, -0.2) is 4.57 Å². The van der Waals surface area contributed by atoms with Gasteiger partial charge in [0, 0.05) is 5.56 Å². The molecule has 0 saturated carbocycles. The van der Waals surface area contributed by atoms with Crippen LogP contribution in [0.5, 0.6) is 0 Å². The van der Waals surface area contributed by atoms with E-state index in [1.54, 1.807) is 0 Å². The summed E-state index contributed by atoms with van der Waals surface area (Å²) in [6.45, 7) is 6.81. The summed E-state index contributed by atoms with van der Waals surface area (Å²) in [6.07, 6.45) is 3.50. The van der Waals surface area contributed by atoms with Gasteiger partial charge < -0.3 is 0 Å². The van der Waals surface area contributed by atoms with Crippen LogP contribution < -0.4 is 4.57 Å². The van der Waals surface area contributed by atoms with E-state index >= 15 is 0 Å². The van der Waals surface area contributed by atoms with Crippen molar-refractivity contribution in [1.29, 1.82) is 0 Å². The number of hydrogen-bond acceptors (Lipinski definition) is 0. The number of para-hydroxylation sites is 1. The van der Waals surface area contributed by atoms with Crippen LogP contribution >= 0.6 is 0 Å². The number of fused-ring (bicyclic) bond motifs is 1. The molecule has 98 valence electrons. The summed E-state index contributed by atoms with van der Waals surface area (Å²) < 4.78 is 4.74. The van der Waals surface area contributed by atoms with Crippen LogP contribution in [-0.2, 0) is 26.9 Å². The van der Waals surface area contributed by atoms with Crippen molar-refractivity contribution in [1.82, 2.24) is 4.57 Å². The molecular formula is C16H25N2+. The summed E-state index contributed by atoms with van der Waals surface area (Å²) in [5.41, 5.74) is 4.25. The van der Waals surface area contributed by atoms with Gasteiger partial charge in [0.2, 0.25) is 0 Å². The molecule has 0 spiro atoms. The van der Waals surface area contributed by atoms with Crippen molar-refractivity contribution >= 4 is 11.0 Å². The molecular weight excluding hydrogens is 220 g/mol. The smallest absolute Gasteiger partial charge is 0.230 e. The maximum atomic E-state index is 2.39. The Morgan fingerprint density at radius 1 is 1.28 bits per heavy atom. The fourth-order valence-corrected chi connectivity index (χ4v) is 2.84. The summed E-state index contributed by atoms with van der Waals surface area (Å²) in [6, 6.07) is 6.69. The SMILES string of the molecule is CCCc1cccc2c1[n+](C)c(CC(C)C)n2C. The number of rotatable bonds is 4. The van der Waals surface area contributed by atoms with E-state index in [1.165, 1.54) is 28.8 Å². The van der Waals surface area contributed by atoms with Gasteiger partial charge >= 0.3 is 0 Å². The van der Waals surface area contributed by atoms with Crippen LogP contribution in [0.15, 0.2) is 18.2 Å². The minimum Gasteiger partial charge on any atom is -0.230 e. The van der Waals surface area contributed by atoms with Gasteiger partial charge in [0.15, 0.2) is 11.0 Å². The number of benzene rings is 1. The maximum absolute atomic E-state index is 2.39. The van der Waals surface area contributed by atoms with Gasteiger partial charge in [0.05, 0.1) is 20.5 Å². The highest BCUT2D eigenvalue weighted by Gasteiger charge is 2.22. The molecule has 0 atom stereocenters. The Hall–Kier alpha value is -1.31. The van der Waals surface area contributed by atoms with Gasteiger partial charge in [-0.2, -0.15) is 0 Å². The standard InChI is InChI=1S/C16H25N2/c1-6-8-13-9-7-10-14-16(13)18(5)15(17(14)4)11-12(2)3/h7,9-10,12H,6,8,11H2,1-5H3/q+1. The first-order valence-corrected chi connectivity index (χ1v) is 7.01. The molecule has 0 unspecified atom stereocenters. The van der Waals surface area contributed by atoms with Gasteiger partial charge in [0.1, 0.15) is 0 Å². The highest BCUT2D eigenvalue weighted by molar-refractivity contribution is 5.76. The van der Waals surface area contributed by atoms with Crippen molar-refractivity contribution in [2.75, 3.05) is 0 Å². The van der Waals surface area contributed by atoms with Crippen LogP contribution in [0.2, 0.25) is 0 Å². The van der Waals surface area contributed by atoms with Gasteiger partial charge in [0.25, 0.3) is 5.82 Å². The lowest BCUT2D eigenvalue weighted by molar-refractivity contribution is -0.654. The lowest BCUT2D eigenvalue weighted by Crippen LogP contribution is -2.34. The minimum absolute atomic E-state index is 0.689. The van der Waals surface area contributed by atoms with E-state index in [0.29, 0.717) is 5.92 Å². The molecule has 0 aliphatic carbocycles. The fourth-order valence-electron chi connectivity index (χ4n) is 2.84. The largest absolute Gasteiger partial charge is 0.257 e. The Morgan fingerprint density at radius 2 is 2.00 bits per heavy atom. The minimum atomic E-state index is 0.689. The average Bonchev–Trinajstić information content (AvgIpc) is 2.56. The quantitative estimate of drug-likeness (QED) is 0.732. The Balaban J connectivity index is 2.65. The molecule has 0 radical (unpaired) electrons. The summed E-state index contributed by atoms with van der Waals surface area (Å²) in [4.78, 5) is 0. The van der Waals surface area contributed by atoms with E-state index in [0.717, 1.165) is 12.8 Å². The van der Waals surface area contributed by atoms with Crippen LogP contribution in [0.25, 0.3) is 11.0 Å². The zero-order valence-corrected chi connectivity index (χ0v) is 12.3. The summed E-state index contributed by atoms with van der Waals surface area (Å²) >= 11 is 0. The molecule has 2 heteroatoms. The second-order valence-corrected chi connectivity index (χ2v) is 5.67. The van der Waals surface area contributed by atoms with Crippen molar-refractivity contribution in [2.45, 2.75) is 40.0 Å². The van der Waals surface area contributed by atoms with Crippen LogP contribution in [0.1, 0.15) is 38.6 Å². The fraction of sp³-hybridized carbons (Fsp3) is 0.562. The summed E-state index contributed by atoms with van der Waals surface area (Å²) in [5.74, 6) is 2.11. The molecule has 1 aromatic heterocycles. The highest BCUT2D eigenvalue weighted by atomic mass is 15.1. The first-order chi connectivity index (χ1) is 8.56. The van der Waals surface area contributed by atoms with Gasteiger partial charge in [-0.05, 0) is 18.4 Å². The van der Waals surface area contributed by atoms with Gasteiger partial charge in [-0.25, -0.2) is 9.13 Å². The first-order valence-electron chi connectivity index (χ1n) is 7.01. The molecule has 0 amide bonds. The topological polar surface area (TPSA) is 8.81 Å². The predicted molar refractivity (Wildman–Crippen MR) is 76.6 cm³/mol.